The van der Waals surface area contributed by atoms with E-state index in [2.05, 4.69) is 41.7 Å². The Morgan fingerprint density at radius 2 is 1.86 bits per heavy atom. The van der Waals surface area contributed by atoms with E-state index in [1.165, 1.54) is 37.3 Å². The van der Waals surface area contributed by atoms with Gasteiger partial charge in [-0.1, -0.05) is 27.7 Å². The van der Waals surface area contributed by atoms with Gasteiger partial charge in [-0.05, 0) is 42.5 Å². The molecule has 2 N–H and O–H groups in total. The molecule has 2 amide bonds. The van der Waals surface area contributed by atoms with Crippen molar-refractivity contribution in [1.29, 1.82) is 0 Å². The first-order valence-electron chi connectivity index (χ1n) is 10.5. The Morgan fingerprint density at radius 1 is 1.08 bits per heavy atom. The Bertz CT molecular complexity index is 1350. The van der Waals surface area contributed by atoms with Gasteiger partial charge in [0.05, 0.1) is 26.5 Å². The van der Waals surface area contributed by atoms with Gasteiger partial charge in [-0.25, -0.2) is 4.98 Å². The van der Waals surface area contributed by atoms with Crippen molar-refractivity contribution < 1.29 is 19.1 Å². The lowest BCUT2D eigenvalue weighted by molar-refractivity contribution is -0.113. The van der Waals surface area contributed by atoms with E-state index in [-0.39, 0.29) is 24.1 Å². The molecule has 0 spiro atoms. The average molecular weight is 589 g/mol. The van der Waals surface area contributed by atoms with Crippen molar-refractivity contribution in [2.75, 3.05) is 25.3 Å². The first kappa shape index (κ1) is 25.7. The SMILES string of the molecule is COc1ccc(C(=O)NCc2nnc(SCC(=O)Nc3nccs3)n2-c2ccc(Br)cc2)cc1OC. The van der Waals surface area contributed by atoms with E-state index < -0.39 is 0 Å². The number of hydrogen-bond acceptors (Lipinski definition) is 9. The van der Waals surface area contributed by atoms with E-state index in [0.717, 1.165) is 10.2 Å². The number of anilines is 1. The molecule has 0 bridgehead atoms. The number of amides is 2. The smallest absolute Gasteiger partial charge is 0.251 e. The van der Waals surface area contributed by atoms with Gasteiger partial charge in [0.15, 0.2) is 27.6 Å². The summed E-state index contributed by atoms with van der Waals surface area (Å²) in [5.74, 6) is 1.10. The number of nitrogens with one attached hydrogen (secondary N) is 2. The van der Waals surface area contributed by atoms with E-state index in [1.54, 1.807) is 29.8 Å². The molecule has 0 radical (unpaired) electrons. The highest BCUT2D eigenvalue weighted by Crippen LogP contribution is 2.28. The first-order valence-corrected chi connectivity index (χ1v) is 13.2. The zero-order valence-corrected chi connectivity index (χ0v) is 22.4. The fourth-order valence-electron chi connectivity index (χ4n) is 3.17. The number of thioether (sulfide) groups is 1. The summed E-state index contributed by atoms with van der Waals surface area (Å²) >= 11 is 6.02. The molecule has 4 rings (SSSR count). The van der Waals surface area contributed by atoms with Crippen LogP contribution in [0.3, 0.4) is 0 Å². The molecule has 186 valence electrons. The van der Waals surface area contributed by atoms with Gasteiger partial charge in [0.2, 0.25) is 5.91 Å². The third-order valence-electron chi connectivity index (χ3n) is 4.85. The molecule has 13 heteroatoms. The molecule has 0 aliphatic carbocycles. The molecule has 0 aliphatic heterocycles. The number of carbonyl (C=O) groups excluding carboxylic acids is 2. The van der Waals surface area contributed by atoms with Gasteiger partial charge >= 0.3 is 0 Å². The normalized spacial score (nSPS) is 10.6. The standard InChI is InChI=1S/C23H21BrN6O4S2/c1-33-17-8-3-14(11-18(17)34-2)21(32)26-12-19-28-29-23(30(19)16-6-4-15(24)5-7-16)36-13-20(31)27-22-25-9-10-35-22/h3-11H,12-13H2,1-2H3,(H,26,32)(H,25,27,31). The molecule has 0 aliphatic rings. The summed E-state index contributed by atoms with van der Waals surface area (Å²) in [6.07, 6.45) is 1.63. The summed E-state index contributed by atoms with van der Waals surface area (Å²) in [5, 5.41) is 17.0. The van der Waals surface area contributed by atoms with E-state index in [0.29, 0.717) is 33.2 Å². The molecular weight excluding hydrogens is 568 g/mol. The van der Waals surface area contributed by atoms with Crippen LogP contribution in [0.25, 0.3) is 5.69 Å². The maximum atomic E-state index is 12.8. The molecule has 2 aromatic heterocycles. The highest BCUT2D eigenvalue weighted by atomic mass is 79.9. The molecule has 0 saturated heterocycles. The van der Waals surface area contributed by atoms with E-state index in [9.17, 15) is 9.59 Å². The zero-order chi connectivity index (χ0) is 25.5. The fraction of sp³-hybridized carbons (Fsp3) is 0.174. The maximum Gasteiger partial charge on any atom is 0.251 e. The van der Waals surface area contributed by atoms with Crippen molar-refractivity contribution in [1.82, 2.24) is 25.1 Å². The van der Waals surface area contributed by atoms with Crippen LogP contribution in [0.4, 0.5) is 5.13 Å². The average Bonchev–Trinajstić information content (AvgIpc) is 3.56. The number of rotatable bonds is 10. The Balaban J connectivity index is 1.51. The number of carbonyl (C=O) groups is 2. The van der Waals surface area contributed by atoms with Crippen molar-refractivity contribution in [3.63, 3.8) is 0 Å². The lowest BCUT2D eigenvalue weighted by Gasteiger charge is -2.12. The van der Waals surface area contributed by atoms with Gasteiger partial charge in [-0.15, -0.1) is 21.5 Å². The monoisotopic (exact) mass is 588 g/mol. The van der Waals surface area contributed by atoms with Gasteiger partial charge < -0.3 is 20.1 Å². The second-order valence-electron chi connectivity index (χ2n) is 7.14. The molecule has 0 unspecified atom stereocenters. The molecule has 2 heterocycles. The van der Waals surface area contributed by atoms with E-state index >= 15 is 0 Å². The fourth-order valence-corrected chi connectivity index (χ4v) is 4.75. The lowest BCUT2D eigenvalue weighted by Crippen LogP contribution is -2.24. The van der Waals surface area contributed by atoms with Crippen LogP contribution in [0.1, 0.15) is 16.2 Å². The number of methoxy groups -OCH3 is 2. The van der Waals surface area contributed by atoms with Gasteiger partial charge in [-0.3, -0.25) is 14.2 Å². The Hall–Kier alpha value is -3.42. The topological polar surface area (TPSA) is 120 Å². The highest BCUT2D eigenvalue weighted by Gasteiger charge is 2.18. The maximum absolute atomic E-state index is 12.8. The molecule has 0 fully saturated rings. The predicted molar refractivity (Wildman–Crippen MR) is 141 cm³/mol. The predicted octanol–water partition coefficient (Wildman–Crippen LogP) is 4.16. The van der Waals surface area contributed by atoms with Crippen molar-refractivity contribution in [2.24, 2.45) is 0 Å². The minimum Gasteiger partial charge on any atom is -0.493 e. The van der Waals surface area contributed by atoms with Crippen molar-refractivity contribution in [3.8, 4) is 17.2 Å². The first-order chi connectivity index (χ1) is 17.5. The zero-order valence-electron chi connectivity index (χ0n) is 19.2. The van der Waals surface area contributed by atoms with Crippen LogP contribution in [0.2, 0.25) is 0 Å². The number of hydrogen-bond donors (Lipinski definition) is 2. The Morgan fingerprint density at radius 3 is 2.56 bits per heavy atom. The van der Waals surface area contributed by atoms with Crippen LogP contribution in [-0.4, -0.2) is 51.5 Å². The molecule has 0 atom stereocenters. The summed E-state index contributed by atoms with van der Waals surface area (Å²) in [5.41, 5.74) is 1.21. The summed E-state index contributed by atoms with van der Waals surface area (Å²) in [6, 6.07) is 12.5. The largest absolute Gasteiger partial charge is 0.493 e. The molecule has 36 heavy (non-hydrogen) atoms. The van der Waals surface area contributed by atoms with Gasteiger partial charge in [0, 0.05) is 27.3 Å². The molecule has 0 saturated carbocycles. The minimum absolute atomic E-state index is 0.113. The van der Waals surface area contributed by atoms with Crippen LogP contribution in [-0.2, 0) is 11.3 Å². The number of thiazole rings is 1. The van der Waals surface area contributed by atoms with Gasteiger partial charge in [0.25, 0.3) is 5.91 Å². The van der Waals surface area contributed by atoms with Crippen LogP contribution >= 0.6 is 39.0 Å². The molecular formula is C23H21BrN6O4S2. The van der Waals surface area contributed by atoms with Crippen LogP contribution in [0, 0.1) is 0 Å². The van der Waals surface area contributed by atoms with Gasteiger partial charge in [-0.2, -0.15) is 0 Å². The van der Waals surface area contributed by atoms with Crippen molar-refractivity contribution in [3.05, 3.63) is 69.9 Å². The van der Waals surface area contributed by atoms with Crippen molar-refractivity contribution >= 4 is 56.0 Å². The second-order valence-corrected chi connectivity index (χ2v) is 9.89. The number of benzene rings is 2. The van der Waals surface area contributed by atoms with E-state index in [4.69, 9.17) is 9.47 Å². The van der Waals surface area contributed by atoms with E-state index in [1.807, 2.05) is 28.8 Å². The summed E-state index contributed by atoms with van der Waals surface area (Å²) < 4.78 is 13.2. The highest BCUT2D eigenvalue weighted by molar-refractivity contribution is 9.10. The van der Waals surface area contributed by atoms with Crippen LogP contribution in [0.15, 0.2) is 63.7 Å². The number of halogens is 1. The number of nitrogens with zero attached hydrogens (tertiary/aromatic N) is 4. The molecule has 4 aromatic rings. The summed E-state index contributed by atoms with van der Waals surface area (Å²) in [7, 11) is 3.04. The summed E-state index contributed by atoms with van der Waals surface area (Å²) in [4.78, 5) is 29.2. The quantitative estimate of drug-likeness (QED) is 0.265. The molecule has 2 aromatic carbocycles. The summed E-state index contributed by atoms with van der Waals surface area (Å²) in [6.45, 7) is 0.113. The third kappa shape index (κ3) is 6.22. The van der Waals surface area contributed by atoms with Crippen LogP contribution in [0.5, 0.6) is 11.5 Å². The third-order valence-corrected chi connectivity index (χ3v) is 7.00. The minimum atomic E-state index is -0.307. The van der Waals surface area contributed by atoms with Crippen LogP contribution < -0.4 is 20.1 Å². The molecule has 10 nitrogen and oxygen atoms in total. The van der Waals surface area contributed by atoms with Crippen molar-refractivity contribution in [2.45, 2.75) is 11.7 Å². The number of ether oxygens (including phenoxy) is 2. The lowest BCUT2D eigenvalue weighted by atomic mass is 10.2. The second kappa shape index (κ2) is 12.0. The van der Waals surface area contributed by atoms with Gasteiger partial charge in [0.1, 0.15) is 0 Å². The Labute approximate surface area is 223 Å². The number of aromatic nitrogens is 4. The Kier molecular flexibility index (Phi) is 8.57.